The van der Waals surface area contributed by atoms with E-state index in [1.54, 1.807) is 31.5 Å². The second-order valence-corrected chi connectivity index (χ2v) is 6.76. The molecule has 122 valence electrons. The summed E-state index contributed by atoms with van der Waals surface area (Å²) in [7, 11) is -3.60. The summed E-state index contributed by atoms with van der Waals surface area (Å²) in [5.74, 6) is -0.247. The maximum absolute atomic E-state index is 12.2. The molecule has 0 aromatic carbocycles. The van der Waals surface area contributed by atoms with Crippen LogP contribution in [0.4, 0.5) is 0 Å². The summed E-state index contributed by atoms with van der Waals surface area (Å²) in [5, 5.41) is 0. The molecular weight excluding hydrogens is 320 g/mol. The lowest BCUT2D eigenvalue weighted by molar-refractivity contribution is -0.119. The lowest BCUT2D eigenvalue weighted by Gasteiger charge is -2.07. The molecule has 0 fully saturated rings. The molecule has 0 aliphatic rings. The molecule has 2 aromatic heterocycles. The number of amides is 1. The first kappa shape index (κ1) is 16.8. The van der Waals surface area contributed by atoms with E-state index < -0.39 is 15.9 Å². The van der Waals surface area contributed by atoms with Gasteiger partial charge in [0.15, 0.2) is 0 Å². The van der Waals surface area contributed by atoms with Gasteiger partial charge < -0.3 is 4.98 Å². The molecule has 0 saturated carbocycles. The van der Waals surface area contributed by atoms with Crippen LogP contribution in [0.25, 0.3) is 11.4 Å². The van der Waals surface area contributed by atoms with Gasteiger partial charge in [-0.2, -0.15) is 0 Å². The third kappa shape index (κ3) is 4.71. The third-order valence-corrected chi connectivity index (χ3v) is 3.68. The van der Waals surface area contributed by atoms with Gasteiger partial charge in [0.05, 0.1) is 6.26 Å². The number of carbonyl (C=O) groups excluding carboxylic acids is 1. The molecule has 0 bridgehead atoms. The van der Waals surface area contributed by atoms with Gasteiger partial charge in [0.2, 0.25) is 15.9 Å². The molecule has 9 heteroatoms. The molecule has 1 amide bonds. The summed E-state index contributed by atoms with van der Waals surface area (Å²) in [5.41, 5.74) is 1.22. The number of carbonyl (C=O) groups is 1. The minimum absolute atomic E-state index is 0.103. The van der Waals surface area contributed by atoms with E-state index in [4.69, 9.17) is 0 Å². The van der Waals surface area contributed by atoms with Crippen LogP contribution in [0.3, 0.4) is 0 Å². The van der Waals surface area contributed by atoms with Crippen LogP contribution >= 0.6 is 0 Å². The number of aryl methyl sites for hydroxylation is 1. The quantitative estimate of drug-likeness (QED) is 0.801. The zero-order valence-corrected chi connectivity index (χ0v) is 13.5. The highest BCUT2D eigenvalue weighted by Gasteiger charge is 2.13. The SMILES string of the molecule is Cc1nc(-c2ccncc2)[nH]c(=O)c1CCC(=O)NS(C)(=O)=O. The molecule has 2 aromatic rings. The number of hydrogen-bond donors (Lipinski definition) is 2. The summed E-state index contributed by atoms with van der Waals surface area (Å²) in [6, 6.07) is 3.44. The van der Waals surface area contributed by atoms with Crippen LogP contribution in [0.1, 0.15) is 17.7 Å². The highest BCUT2D eigenvalue weighted by atomic mass is 32.2. The van der Waals surface area contributed by atoms with Crippen molar-refractivity contribution in [2.75, 3.05) is 6.26 Å². The minimum atomic E-state index is -3.60. The maximum atomic E-state index is 12.2. The number of sulfonamides is 1. The molecule has 0 radical (unpaired) electrons. The molecule has 0 aliphatic heterocycles. The zero-order chi connectivity index (χ0) is 17.0. The lowest BCUT2D eigenvalue weighted by Crippen LogP contribution is -2.30. The Hall–Kier alpha value is -2.55. The number of aromatic nitrogens is 3. The van der Waals surface area contributed by atoms with E-state index in [9.17, 15) is 18.0 Å². The Kier molecular flexibility index (Phi) is 4.89. The Morgan fingerprint density at radius 1 is 1.30 bits per heavy atom. The average molecular weight is 336 g/mol. The molecule has 0 aliphatic carbocycles. The standard InChI is InChI=1S/C14H16N4O4S/c1-9-11(3-4-12(19)18-23(2,21)22)14(20)17-13(16-9)10-5-7-15-8-6-10/h5-8H,3-4H2,1-2H3,(H,18,19)(H,16,17,20). The molecule has 0 spiro atoms. The fraction of sp³-hybridized carbons (Fsp3) is 0.286. The van der Waals surface area contributed by atoms with Gasteiger partial charge in [-0.15, -0.1) is 0 Å². The molecule has 8 nitrogen and oxygen atoms in total. The molecule has 2 heterocycles. The Labute approximate surface area is 133 Å². The van der Waals surface area contributed by atoms with Crippen LogP contribution in [-0.2, 0) is 21.2 Å². The summed E-state index contributed by atoms with van der Waals surface area (Å²) in [6.45, 7) is 1.67. The van der Waals surface area contributed by atoms with E-state index >= 15 is 0 Å². The predicted octanol–water partition coefficient (Wildman–Crippen LogP) is 0.149. The average Bonchev–Trinajstić information content (AvgIpc) is 2.45. The Morgan fingerprint density at radius 2 is 1.96 bits per heavy atom. The van der Waals surface area contributed by atoms with Crippen molar-refractivity contribution in [1.82, 2.24) is 19.7 Å². The van der Waals surface area contributed by atoms with E-state index in [-0.39, 0.29) is 18.4 Å². The van der Waals surface area contributed by atoms with Crippen molar-refractivity contribution in [3.8, 4) is 11.4 Å². The molecule has 2 rings (SSSR count). The van der Waals surface area contributed by atoms with Gasteiger partial charge in [0.25, 0.3) is 5.56 Å². The van der Waals surface area contributed by atoms with E-state index in [1.807, 2.05) is 4.72 Å². The van der Waals surface area contributed by atoms with Crippen LogP contribution < -0.4 is 10.3 Å². The second-order valence-electron chi connectivity index (χ2n) is 5.01. The Balaban J connectivity index is 2.19. The summed E-state index contributed by atoms with van der Waals surface area (Å²) < 4.78 is 23.8. The minimum Gasteiger partial charge on any atom is -0.306 e. The molecular formula is C14H16N4O4S. The van der Waals surface area contributed by atoms with Crippen LogP contribution in [0.5, 0.6) is 0 Å². The maximum Gasteiger partial charge on any atom is 0.254 e. The van der Waals surface area contributed by atoms with Gasteiger partial charge in [-0.1, -0.05) is 0 Å². The Morgan fingerprint density at radius 3 is 2.52 bits per heavy atom. The number of hydrogen-bond acceptors (Lipinski definition) is 6. The van der Waals surface area contributed by atoms with Gasteiger partial charge in [0, 0.05) is 35.6 Å². The van der Waals surface area contributed by atoms with Crippen molar-refractivity contribution >= 4 is 15.9 Å². The normalized spacial score (nSPS) is 11.2. The second kappa shape index (κ2) is 6.69. The van der Waals surface area contributed by atoms with Crippen molar-refractivity contribution in [1.29, 1.82) is 0 Å². The topological polar surface area (TPSA) is 122 Å². The van der Waals surface area contributed by atoms with E-state index in [2.05, 4.69) is 15.0 Å². The predicted molar refractivity (Wildman–Crippen MR) is 84.1 cm³/mol. The van der Waals surface area contributed by atoms with Crippen molar-refractivity contribution in [3.05, 3.63) is 46.1 Å². The van der Waals surface area contributed by atoms with Gasteiger partial charge in [0.1, 0.15) is 5.82 Å². The highest BCUT2D eigenvalue weighted by Crippen LogP contribution is 2.13. The number of aromatic amines is 1. The largest absolute Gasteiger partial charge is 0.306 e. The fourth-order valence-corrected chi connectivity index (χ4v) is 2.56. The zero-order valence-electron chi connectivity index (χ0n) is 12.7. The molecule has 0 unspecified atom stereocenters. The first-order chi connectivity index (χ1) is 10.8. The van der Waals surface area contributed by atoms with Crippen LogP contribution in [0.15, 0.2) is 29.3 Å². The molecule has 23 heavy (non-hydrogen) atoms. The Bertz CT molecular complexity index is 875. The first-order valence-electron chi connectivity index (χ1n) is 6.77. The van der Waals surface area contributed by atoms with E-state index in [0.717, 1.165) is 11.8 Å². The van der Waals surface area contributed by atoms with Crippen LogP contribution in [0, 0.1) is 6.92 Å². The van der Waals surface area contributed by atoms with Gasteiger partial charge in [-0.25, -0.2) is 13.4 Å². The summed E-state index contributed by atoms with van der Waals surface area (Å²) in [4.78, 5) is 34.6. The van der Waals surface area contributed by atoms with Crippen molar-refractivity contribution in [2.24, 2.45) is 0 Å². The number of pyridine rings is 1. The highest BCUT2D eigenvalue weighted by molar-refractivity contribution is 7.89. The van der Waals surface area contributed by atoms with Crippen LogP contribution in [0.2, 0.25) is 0 Å². The number of nitrogens with one attached hydrogen (secondary N) is 2. The first-order valence-corrected chi connectivity index (χ1v) is 8.66. The van der Waals surface area contributed by atoms with E-state index in [0.29, 0.717) is 17.1 Å². The molecule has 2 N–H and O–H groups in total. The van der Waals surface area contributed by atoms with Crippen molar-refractivity contribution in [2.45, 2.75) is 19.8 Å². The number of rotatable bonds is 5. The molecule has 0 atom stereocenters. The summed E-state index contributed by atoms with van der Waals surface area (Å²) >= 11 is 0. The van der Waals surface area contributed by atoms with Gasteiger partial charge >= 0.3 is 0 Å². The van der Waals surface area contributed by atoms with E-state index in [1.165, 1.54) is 0 Å². The third-order valence-electron chi connectivity index (χ3n) is 3.08. The lowest BCUT2D eigenvalue weighted by atomic mass is 10.1. The van der Waals surface area contributed by atoms with Gasteiger partial charge in [-0.3, -0.25) is 19.3 Å². The summed E-state index contributed by atoms with van der Waals surface area (Å²) in [6.07, 6.45) is 4.07. The van der Waals surface area contributed by atoms with Gasteiger partial charge in [-0.05, 0) is 25.5 Å². The monoisotopic (exact) mass is 336 g/mol. The number of H-pyrrole nitrogens is 1. The fourth-order valence-electron chi connectivity index (χ4n) is 2.05. The smallest absolute Gasteiger partial charge is 0.254 e. The number of nitrogens with zero attached hydrogens (tertiary/aromatic N) is 2. The van der Waals surface area contributed by atoms with Crippen molar-refractivity contribution in [3.63, 3.8) is 0 Å². The van der Waals surface area contributed by atoms with Crippen LogP contribution in [-0.4, -0.2) is 35.5 Å². The van der Waals surface area contributed by atoms with Crippen molar-refractivity contribution < 1.29 is 13.2 Å². The molecule has 0 saturated heterocycles.